The van der Waals surface area contributed by atoms with Crippen molar-refractivity contribution in [1.29, 1.82) is 0 Å². The first-order valence-corrected chi connectivity index (χ1v) is 14.8. The number of rotatable bonds is 10. The van der Waals surface area contributed by atoms with Gasteiger partial charge in [0.1, 0.15) is 11.5 Å². The average Bonchev–Trinajstić information content (AvgIpc) is 3.56. The molecule has 0 saturated heterocycles. The molecule has 6 rings (SSSR count). The molecular formula is C28H30Cl2N6O4S2+2. The Hall–Kier alpha value is -3.58. The molecule has 4 N–H and O–H groups in total. The number of benzene rings is 3. The van der Waals surface area contributed by atoms with Crippen molar-refractivity contribution in [2.24, 2.45) is 0 Å². The maximum atomic E-state index is 11.2. The second kappa shape index (κ2) is 13.6. The number of imidazole rings is 2. The molecule has 6 aromatic rings. The van der Waals surface area contributed by atoms with Crippen LogP contribution in [0.3, 0.4) is 0 Å². The van der Waals surface area contributed by atoms with E-state index < -0.39 is 0 Å². The summed E-state index contributed by atoms with van der Waals surface area (Å²) < 4.78 is 13.5. The van der Waals surface area contributed by atoms with Crippen molar-refractivity contribution in [3.05, 3.63) is 72.1 Å². The Kier molecular flexibility index (Phi) is 10.2. The minimum Gasteiger partial charge on any atom is -0.494 e. The van der Waals surface area contributed by atoms with Crippen molar-refractivity contribution in [3.8, 4) is 11.5 Å². The van der Waals surface area contributed by atoms with E-state index in [2.05, 4.69) is 19.9 Å². The first-order chi connectivity index (χ1) is 19.5. The predicted octanol–water partition coefficient (Wildman–Crippen LogP) is 5.87. The van der Waals surface area contributed by atoms with Gasteiger partial charge in [0.05, 0.1) is 46.8 Å². The van der Waals surface area contributed by atoms with Gasteiger partial charge in [0, 0.05) is 33.7 Å². The van der Waals surface area contributed by atoms with E-state index in [-0.39, 0.29) is 24.8 Å². The van der Waals surface area contributed by atoms with Gasteiger partial charge in [0.15, 0.2) is 10.3 Å². The van der Waals surface area contributed by atoms with Crippen LogP contribution in [0.15, 0.2) is 71.0 Å². The third-order valence-electron chi connectivity index (χ3n) is 6.36. The summed E-state index contributed by atoms with van der Waals surface area (Å²) in [6.07, 6.45) is 0. The Morgan fingerprint density at radius 2 is 1.12 bits per heavy atom. The number of thioether (sulfide) groups is 2. The third-order valence-corrected chi connectivity index (χ3v) is 8.13. The van der Waals surface area contributed by atoms with Crippen LogP contribution in [0, 0.1) is 0 Å². The van der Waals surface area contributed by atoms with E-state index in [4.69, 9.17) is 9.47 Å². The Balaban J connectivity index is 0.00000202. The number of ether oxygens (including phenoxy) is 2. The number of aromatic amines is 2. The van der Waals surface area contributed by atoms with Crippen LogP contribution in [0.25, 0.3) is 33.1 Å². The molecule has 0 aliphatic carbocycles. The van der Waals surface area contributed by atoms with E-state index >= 15 is 0 Å². The van der Waals surface area contributed by atoms with Crippen LogP contribution in [0.2, 0.25) is 0 Å². The van der Waals surface area contributed by atoms with Gasteiger partial charge in [-0.05, 0) is 38.1 Å². The van der Waals surface area contributed by atoms with Crippen molar-refractivity contribution in [2.45, 2.75) is 35.7 Å². The fraction of sp³-hybridized carbons (Fsp3) is 0.214. The van der Waals surface area contributed by atoms with Crippen LogP contribution in [-0.4, -0.2) is 43.6 Å². The van der Waals surface area contributed by atoms with Crippen molar-refractivity contribution < 1.29 is 29.3 Å². The first-order valence-electron chi connectivity index (χ1n) is 12.8. The van der Waals surface area contributed by atoms with Gasteiger partial charge in [-0.15, -0.1) is 24.8 Å². The summed E-state index contributed by atoms with van der Waals surface area (Å²) in [6, 6.07) is 18.6. The summed E-state index contributed by atoms with van der Waals surface area (Å²) in [5.74, 6) is 2.26. The molecule has 3 aromatic heterocycles. The van der Waals surface area contributed by atoms with Crippen LogP contribution in [0.1, 0.15) is 25.2 Å². The van der Waals surface area contributed by atoms with Gasteiger partial charge in [-0.2, -0.15) is 0 Å². The highest BCUT2D eigenvalue weighted by atomic mass is 35.5. The summed E-state index contributed by atoms with van der Waals surface area (Å²) in [4.78, 5) is 16.0. The molecule has 3 aromatic carbocycles. The van der Waals surface area contributed by atoms with Gasteiger partial charge in [0.2, 0.25) is 0 Å². The molecule has 0 radical (unpaired) electrons. The van der Waals surface area contributed by atoms with Crippen LogP contribution in [0.5, 0.6) is 11.5 Å². The maximum absolute atomic E-state index is 11.2. The normalized spacial score (nSPS) is 11.0. The molecule has 0 aliphatic heterocycles. The number of aromatic nitrogens is 6. The monoisotopic (exact) mass is 648 g/mol. The zero-order chi connectivity index (χ0) is 27.6. The topological polar surface area (TPSA) is 124 Å². The summed E-state index contributed by atoms with van der Waals surface area (Å²) in [5, 5.41) is 23.9. The number of nitrogens with zero attached hydrogens (tertiary/aromatic N) is 4. The summed E-state index contributed by atoms with van der Waals surface area (Å²) in [7, 11) is 0. The van der Waals surface area contributed by atoms with Crippen LogP contribution in [0.4, 0.5) is 0 Å². The van der Waals surface area contributed by atoms with Gasteiger partial charge < -0.3 is 19.4 Å². The summed E-state index contributed by atoms with van der Waals surface area (Å²) >= 11 is 2.87. The highest BCUT2D eigenvalue weighted by molar-refractivity contribution is 7.98. The molecule has 42 heavy (non-hydrogen) atoms. The Labute approximate surface area is 262 Å². The van der Waals surface area contributed by atoms with Crippen LogP contribution in [-0.2, 0) is 11.5 Å². The second-order valence-corrected chi connectivity index (χ2v) is 10.8. The van der Waals surface area contributed by atoms with Gasteiger partial charge in [-0.25, -0.2) is 9.97 Å². The van der Waals surface area contributed by atoms with Crippen molar-refractivity contribution >= 4 is 81.4 Å². The fourth-order valence-electron chi connectivity index (χ4n) is 4.50. The molecule has 0 fully saturated rings. The lowest BCUT2D eigenvalue weighted by Crippen LogP contribution is -2.48. The lowest BCUT2D eigenvalue weighted by molar-refractivity contribution is -0.927. The van der Waals surface area contributed by atoms with Gasteiger partial charge in [-0.1, -0.05) is 35.7 Å². The minimum atomic E-state index is 0. The third kappa shape index (κ3) is 6.26. The molecule has 0 spiro atoms. The first kappa shape index (κ1) is 31.4. The van der Waals surface area contributed by atoms with E-state index in [1.54, 1.807) is 12.1 Å². The molecular weight excluding hydrogens is 619 g/mol. The molecule has 3 heterocycles. The number of nitrogens with one attached hydrogen (secondary N) is 2. The van der Waals surface area contributed by atoms with E-state index in [0.29, 0.717) is 57.5 Å². The van der Waals surface area contributed by atoms with Crippen molar-refractivity contribution in [3.63, 3.8) is 0 Å². The van der Waals surface area contributed by atoms with Gasteiger partial charge >= 0.3 is 22.4 Å². The molecule has 220 valence electrons. The molecule has 10 nitrogen and oxygen atoms in total. The molecule has 0 saturated carbocycles. The zero-order valence-electron chi connectivity index (χ0n) is 22.7. The van der Waals surface area contributed by atoms with E-state index in [0.717, 1.165) is 43.0 Å². The lowest BCUT2D eigenvalue weighted by Gasteiger charge is -2.03. The summed E-state index contributed by atoms with van der Waals surface area (Å²) in [5.41, 5.74) is 5.47. The highest BCUT2D eigenvalue weighted by Crippen LogP contribution is 2.29. The number of H-pyrrole nitrogens is 2. The summed E-state index contributed by atoms with van der Waals surface area (Å²) in [6.45, 7) is 5.07. The Morgan fingerprint density at radius 1 is 0.690 bits per heavy atom. The molecule has 0 unspecified atom stereocenters. The molecule has 0 bridgehead atoms. The number of para-hydroxylation sites is 2. The Bertz CT molecular complexity index is 1720. The quantitative estimate of drug-likeness (QED) is 0.0826. The van der Waals surface area contributed by atoms with Crippen LogP contribution >= 0.6 is 48.3 Å². The number of hydrogen-bond acceptors (Lipinski definition) is 8. The zero-order valence-corrected chi connectivity index (χ0v) is 26.0. The van der Waals surface area contributed by atoms with E-state index in [1.807, 2.05) is 62.4 Å². The number of halogens is 2. The minimum absolute atomic E-state index is 0. The molecule has 14 heteroatoms. The van der Waals surface area contributed by atoms with Crippen LogP contribution < -0.4 is 18.9 Å². The van der Waals surface area contributed by atoms with E-state index in [9.17, 15) is 10.4 Å². The van der Waals surface area contributed by atoms with Gasteiger partial charge in [-0.3, -0.25) is 10.4 Å². The lowest BCUT2D eigenvalue weighted by atomic mass is 10.2. The Morgan fingerprint density at radius 3 is 1.52 bits per heavy atom. The van der Waals surface area contributed by atoms with Crippen molar-refractivity contribution in [1.82, 2.24) is 19.9 Å². The smallest absolute Gasteiger partial charge is 0.333 e. The second-order valence-electron chi connectivity index (χ2n) is 8.89. The highest BCUT2D eigenvalue weighted by Gasteiger charge is 2.35. The van der Waals surface area contributed by atoms with Crippen molar-refractivity contribution in [2.75, 3.05) is 13.2 Å². The maximum Gasteiger partial charge on any atom is 0.333 e. The molecule has 0 aliphatic rings. The number of fused-ring (bicyclic) bond motifs is 3. The standard InChI is InChI=1S/C28H27N6O4S2.2ClH/c1-3-37-17-9-11-19-21(13-17)31-27(29-19)39-15-25-26(34(36)24-8-6-5-7-23(24)33(25)35)16-40-28-30-20-12-10-18(38-4-2)14-22(20)32-28;;/h5-14,35-36H,3-4,15-16H2,1-2H3,(H,29,31);2*1H/q+1;;/p+1. The fourth-order valence-corrected chi connectivity index (χ4v) is 6.31. The molecule has 0 atom stereocenters. The average molecular weight is 650 g/mol. The predicted molar refractivity (Wildman–Crippen MR) is 167 cm³/mol. The molecule has 0 amide bonds. The SMILES string of the molecule is CCOc1ccc2nc(SCc3c(CSc4nc5ccc(OCC)cc5[nH]4)[n+](O)c4ccccc4[n+]3O)[nH]c2c1.Cl.Cl. The number of hydrogen-bond donors (Lipinski definition) is 4. The van der Waals surface area contributed by atoms with Gasteiger partial charge in [0.25, 0.3) is 0 Å². The van der Waals surface area contributed by atoms with E-state index in [1.165, 1.54) is 23.5 Å². The largest absolute Gasteiger partial charge is 0.494 e.